The van der Waals surface area contributed by atoms with E-state index in [1.165, 1.54) is 7.11 Å². The summed E-state index contributed by atoms with van der Waals surface area (Å²) in [6.07, 6.45) is -0.612. The molecule has 3 saturated heterocycles. The normalized spacial score (nSPS) is 50.7. The molecule has 6 atom stereocenters. The molecule has 0 aliphatic carbocycles. The predicted octanol–water partition coefficient (Wildman–Crippen LogP) is -0.266. The van der Waals surface area contributed by atoms with E-state index in [9.17, 15) is 9.59 Å². The van der Waals surface area contributed by atoms with Crippen LogP contribution in [0.2, 0.25) is 0 Å². The first-order valence-electron chi connectivity index (χ1n) is 5.09. The molecular formula is C10H12O5. The van der Waals surface area contributed by atoms with Gasteiger partial charge >= 0.3 is 11.9 Å². The van der Waals surface area contributed by atoms with Crippen LogP contribution in [0.15, 0.2) is 0 Å². The largest absolute Gasteiger partial charge is 0.469 e. The number of ether oxygens (including phenoxy) is 3. The summed E-state index contributed by atoms with van der Waals surface area (Å²) in [6, 6.07) is 0. The van der Waals surface area contributed by atoms with Crippen molar-refractivity contribution in [2.24, 2.45) is 17.8 Å². The molecule has 2 bridgehead atoms. The molecular weight excluding hydrogens is 200 g/mol. The minimum absolute atomic E-state index is 0.0850. The van der Waals surface area contributed by atoms with Crippen LogP contribution in [0.3, 0.4) is 0 Å². The van der Waals surface area contributed by atoms with E-state index in [0.29, 0.717) is 0 Å². The number of hydrogen-bond acceptors (Lipinski definition) is 5. The van der Waals surface area contributed by atoms with Crippen LogP contribution in [-0.4, -0.2) is 37.4 Å². The molecule has 0 N–H and O–H groups in total. The Hall–Kier alpha value is -1.10. The van der Waals surface area contributed by atoms with Crippen molar-refractivity contribution in [3.63, 3.8) is 0 Å². The lowest BCUT2D eigenvalue weighted by molar-refractivity contribution is -0.153. The first kappa shape index (κ1) is 9.15. The minimum Gasteiger partial charge on any atom is -0.469 e. The smallest absolute Gasteiger partial charge is 0.313 e. The second kappa shape index (κ2) is 2.72. The fourth-order valence-corrected chi connectivity index (χ4v) is 3.06. The van der Waals surface area contributed by atoms with Gasteiger partial charge in [-0.25, -0.2) is 0 Å². The summed E-state index contributed by atoms with van der Waals surface area (Å²) in [7, 11) is 1.33. The molecule has 3 aliphatic heterocycles. The van der Waals surface area contributed by atoms with Crippen molar-refractivity contribution < 1.29 is 23.8 Å². The number of methoxy groups -OCH3 is 1. The zero-order valence-corrected chi connectivity index (χ0v) is 8.51. The Morgan fingerprint density at radius 3 is 2.73 bits per heavy atom. The zero-order valence-electron chi connectivity index (χ0n) is 8.51. The molecule has 3 heterocycles. The van der Waals surface area contributed by atoms with E-state index in [-0.39, 0.29) is 36.2 Å². The highest BCUT2D eigenvalue weighted by molar-refractivity contribution is 5.86. The fraction of sp³-hybridized carbons (Fsp3) is 0.800. The zero-order chi connectivity index (χ0) is 10.7. The molecule has 3 rings (SSSR count). The molecule has 5 heteroatoms. The lowest BCUT2D eigenvalue weighted by atomic mass is 9.75. The molecule has 82 valence electrons. The van der Waals surface area contributed by atoms with Crippen LogP contribution in [0.25, 0.3) is 0 Å². The average molecular weight is 212 g/mol. The number of rotatable bonds is 1. The summed E-state index contributed by atoms with van der Waals surface area (Å²) in [6.45, 7) is 1.94. The maximum atomic E-state index is 11.6. The molecule has 3 fully saturated rings. The number of carbonyl (C=O) groups is 2. The summed E-state index contributed by atoms with van der Waals surface area (Å²) in [5.41, 5.74) is 0. The van der Waals surface area contributed by atoms with Crippen molar-refractivity contribution in [3.05, 3.63) is 0 Å². The van der Waals surface area contributed by atoms with Crippen molar-refractivity contribution in [1.29, 1.82) is 0 Å². The highest BCUT2D eigenvalue weighted by Crippen LogP contribution is 2.52. The van der Waals surface area contributed by atoms with Crippen LogP contribution in [-0.2, 0) is 23.8 Å². The number of carbonyl (C=O) groups excluding carboxylic acids is 2. The van der Waals surface area contributed by atoms with E-state index in [2.05, 4.69) is 0 Å². The Morgan fingerprint density at radius 2 is 2.07 bits per heavy atom. The van der Waals surface area contributed by atoms with Crippen LogP contribution in [0.5, 0.6) is 0 Å². The molecule has 5 nitrogen and oxygen atoms in total. The Labute approximate surface area is 86.7 Å². The second-order valence-corrected chi connectivity index (χ2v) is 4.40. The molecule has 0 aromatic carbocycles. The summed E-state index contributed by atoms with van der Waals surface area (Å²) in [5.74, 6) is -1.50. The van der Waals surface area contributed by atoms with Gasteiger partial charge in [-0.1, -0.05) is 6.92 Å². The number of esters is 2. The Bertz CT molecular complexity index is 339. The molecule has 4 unspecified atom stereocenters. The van der Waals surface area contributed by atoms with Gasteiger partial charge in [-0.2, -0.15) is 0 Å². The third kappa shape index (κ3) is 0.916. The van der Waals surface area contributed by atoms with Gasteiger partial charge in [0, 0.05) is 5.92 Å². The standard InChI is InChI=1S/C10H12O5/c1-3-6-4(9(11)13-2)5-8(14-6)7(3)15-10(5)12/h3-8H,1-2H3/t3-,4?,5?,6+,7?,8?/m0/s1. The maximum Gasteiger partial charge on any atom is 0.313 e. The van der Waals surface area contributed by atoms with E-state index < -0.39 is 11.8 Å². The predicted molar refractivity (Wildman–Crippen MR) is 46.7 cm³/mol. The highest BCUT2D eigenvalue weighted by atomic mass is 16.6. The van der Waals surface area contributed by atoms with Gasteiger partial charge in [-0.05, 0) is 0 Å². The fourth-order valence-electron chi connectivity index (χ4n) is 3.06. The van der Waals surface area contributed by atoms with E-state index in [1.54, 1.807) is 0 Å². The number of hydrogen-bond donors (Lipinski definition) is 0. The topological polar surface area (TPSA) is 61.8 Å². The quantitative estimate of drug-likeness (QED) is 0.560. The van der Waals surface area contributed by atoms with Crippen LogP contribution >= 0.6 is 0 Å². The molecule has 0 radical (unpaired) electrons. The molecule has 0 saturated carbocycles. The van der Waals surface area contributed by atoms with Crippen LogP contribution < -0.4 is 0 Å². The Morgan fingerprint density at radius 1 is 1.33 bits per heavy atom. The monoisotopic (exact) mass is 212 g/mol. The lowest BCUT2D eigenvalue weighted by Crippen LogP contribution is -2.41. The molecule has 0 aromatic heterocycles. The first-order chi connectivity index (χ1) is 7.15. The van der Waals surface area contributed by atoms with Crippen LogP contribution in [0, 0.1) is 17.8 Å². The number of fused-ring (bicyclic) bond motifs is 1. The average Bonchev–Trinajstić information content (AvgIpc) is 2.80. The van der Waals surface area contributed by atoms with Crippen molar-refractivity contribution in [2.45, 2.75) is 25.2 Å². The van der Waals surface area contributed by atoms with E-state index in [4.69, 9.17) is 14.2 Å². The summed E-state index contributed by atoms with van der Waals surface area (Å²) < 4.78 is 15.5. The third-order valence-corrected chi connectivity index (χ3v) is 3.77. The van der Waals surface area contributed by atoms with E-state index >= 15 is 0 Å². The molecule has 0 aromatic rings. The van der Waals surface area contributed by atoms with E-state index in [1.807, 2.05) is 6.92 Å². The van der Waals surface area contributed by atoms with Gasteiger partial charge in [0.2, 0.25) is 0 Å². The third-order valence-electron chi connectivity index (χ3n) is 3.77. The van der Waals surface area contributed by atoms with Crippen molar-refractivity contribution in [2.75, 3.05) is 7.11 Å². The first-order valence-corrected chi connectivity index (χ1v) is 5.09. The second-order valence-electron chi connectivity index (χ2n) is 4.40. The molecule has 0 amide bonds. The molecule has 3 aliphatic rings. The summed E-state index contributed by atoms with van der Waals surface area (Å²) in [4.78, 5) is 23.1. The van der Waals surface area contributed by atoms with Gasteiger partial charge in [-0.3, -0.25) is 9.59 Å². The summed E-state index contributed by atoms with van der Waals surface area (Å²) >= 11 is 0. The maximum absolute atomic E-state index is 11.6. The van der Waals surface area contributed by atoms with Gasteiger partial charge in [0.15, 0.2) is 0 Å². The van der Waals surface area contributed by atoms with Gasteiger partial charge in [0.05, 0.1) is 19.1 Å². The summed E-state index contributed by atoms with van der Waals surface area (Å²) in [5, 5.41) is 0. The lowest BCUT2D eigenvalue weighted by Gasteiger charge is -2.23. The van der Waals surface area contributed by atoms with Gasteiger partial charge in [-0.15, -0.1) is 0 Å². The van der Waals surface area contributed by atoms with Gasteiger partial charge < -0.3 is 14.2 Å². The van der Waals surface area contributed by atoms with Gasteiger partial charge in [0.1, 0.15) is 18.1 Å². The van der Waals surface area contributed by atoms with Crippen molar-refractivity contribution in [3.8, 4) is 0 Å². The highest BCUT2D eigenvalue weighted by Gasteiger charge is 2.69. The van der Waals surface area contributed by atoms with Crippen LogP contribution in [0.4, 0.5) is 0 Å². The van der Waals surface area contributed by atoms with Crippen molar-refractivity contribution >= 4 is 11.9 Å². The molecule has 15 heavy (non-hydrogen) atoms. The van der Waals surface area contributed by atoms with Crippen LogP contribution in [0.1, 0.15) is 6.92 Å². The Balaban J connectivity index is 1.98. The van der Waals surface area contributed by atoms with Crippen molar-refractivity contribution in [1.82, 2.24) is 0 Å². The Kier molecular flexibility index (Phi) is 1.66. The van der Waals surface area contributed by atoms with Gasteiger partial charge in [0.25, 0.3) is 0 Å². The van der Waals surface area contributed by atoms with E-state index in [0.717, 1.165) is 0 Å². The molecule has 0 spiro atoms. The minimum atomic E-state index is -0.471. The SMILES string of the molecule is COC(=O)C1C2C(=O)OC3C2O[C@@H]1[C@@H]3C.